The topological polar surface area (TPSA) is 41.1 Å². The Morgan fingerprint density at radius 1 is 1.47 bits per heavy atom. The van der Waals surface area contributed by atoms with Crippen molar-refractivity contribution >= 4 is 5.91 Å². The van der Waals surface area contributed by atoms with Crippen LogP contribution >= 0.6 is 0 Å². The zero-order valence-electron chi connectivity index (χ0n) is 10.4. The molecule has 1 rings (SSSR count). The number of hydrogen-bond acceptors (Lipinski definition) is 2. The standard InChI is InChI=1S/C12H24N2O/c1-9(12(2,3)4)11(15)14-10-6-5-7-13-8-10/h9-10,13H,5-8H2,1-4H3,(H,14,15). The van der Waals surface area contributed by atoms with Gasteiger partial charge in [0.15, 0.2) is 0 Å². The highest BCUT2D eigenvalue weighted by molar-refractivity contribution is 5.79. The first-order valence-corrected chi connectivity index (χ1v) is 5.92. The minimum absolute atomic E-state index is 0.0478. The van der Waals surface area contributed by atoms with Gasteiger partial charge in [0.2, 0.25) is 5.91 Å². The summed E-state index contributed by atoms with van der Waals surface area (Å²) in [5.74, 6) is 0.260. The highest BCUT2D eigenvalue weighted by Gasteiger charge is 2.28. The van der Waals surface area contributed by atoms with E-state index in [0.29, 0.717) is 6.04 Å². The molecule has 3 heteroatoms. The van der Waals surface area contributed by atoms with Crippen LogP contribution in [0.5, 0.6) is 0 Å². The molecular weight excluding hydrogens is 188 g/mol. The van der Waals surface area contributed by atoms with Crippen molar-refractivity contribution in [1.29, 1.82) is 0 Å². The first-order valence-electron chi connectivity index (χ1n) is 5.92. The number of rotatable bonds is 2. The monoisotopic (exact) mass is 212 g/mol. The second-order valence-corrected chi connectivity index (χ2v) is 5.64. The van der Waals surface area contributed by atoms with Gasteiger partial charge in [-0.25, -0.2) is 0 Å². The molecule has 0 bridgehead atoms. The third-order valence-electron chi connectivity index (χ3n) is 3.34. The molecule has 1 heterocycles. The van der Waals surface area contributed by atoms with E-state index in [2.05, 4.69) is 31.4 Å². The third kappa shape index (κ3) is 3.82. The molecule has 1 fully saturated rings. The fraction of sp³-hybridized carbons (Fsp3) is 0.917. The zero-order chi connectivity index (χ0) is 11.5. The van der Waals surface area contributed by atoms with Gasteiger partial charge in [-0.3, -0.25) is 4.79 Å². The Kier molecular flexibility index (Phi) is 4.14. The second-order valence-electron chi connectivity index (χ2n) is 5.64. The number of piperidine rings is 1. The highest BCUT2D eigenvalue weighted by Crippen LogP contribution is 2.25. The lowest BCUT2D eigenvalue weighted by atomic mass is 9.81. The second kappa shape index (κ2) is 4.97. The Hall–Kier alpha value is -0.570. The van der Waals surface area contributed by atoms with Crippen molar-refractivity contribution in [2.75, 3.05) is 13.1 Å². The first kappa shape index (κ1) is 12.5. The molecule has 0 radical (unpaired) electrons. The van der Waals surface area contributed by atoms with Gasteiger partial charge in [0.25, 0.3) is 0 Å². The Bertz CT molecular complexity index is 214. The number of hydrogen-bond donors (Lipinski definition) is 2. The molecule has 1 aliphatic heterocycles. The summed E-state index contributed by atoms with van der Waals surface area (Å²) in [5.41, 5.74) is 0.0478. The predicted molar refractivity (Wildman–Crippen MR) is 62.7 cm³/mol. The number of nitrogens with one attached hydrogen (secondary N) is 2. The summed E-state index contributed by atoms with van der Waals surface area (Å²) in [6.07, 6.45) is 2.27. The lowest BCUT2D eigenvalue weighted by Crippen LogP contribution is -2.48. The third-order valence-corrected chi connectivity index (χ3v) is 3.34. The van der Waals surface area contributed by atoms with Gasteiger partial charge in [-0.05, 0) is 24.8 Å². The van der Waals surface area contributed by atoms with Crippen molar-refractivity contribution in [3.8, 4) is 0 Å². The molecule has 0 aliphatic carbocycles. The van der Waals surface area contributed by atoms with E-state index in [1.807, 2.05) is 6.92 Å². The van der Waals surface area contributed by atoms with E-state index in [9.17, 15) is 4.79 Å². The molecule has 3 nitrogen and oxygen atoms in total. The quantitative estimate of drug-likeness (QED) is 0.729. The summed E-state index contributed by atoms with van der Waals surface area (Å²) in [5, 5.41) is 6.43. The average molecular weight is 212 g/mol. The van der Waals surface area contributed by atoms with Gasteiger partial charge in [0.1, 0.15) is 0 Å². The summed E-state index contributed by atoms with van der Waals surface area (Å²) in [4.78, 5) is 11.9. The van der Waals surface area contributed by atoms with Crippen LogP contribution in [-0.2, 0) is 4.79 Å². The van der Waals surface area contributed by atoms with E-state index in [4.69, 9.17) is 0 Å². The molecule has 15 heavy (non-hydrogen) atoms. The molecule has 1 saturated heterocycles. The van der Waals surface area contributed by atoms with Crippen molar-refractivity contribution < 1.29 is 4.79 Å². The van der Waals surface area contributed by atoms with Crippen molar-refractivity contribution in [2.24, 2.45) is 11.3 Å². The Balaban J connectivity index is 2.40. The van der Waals surface area contributed by atoms with Crippen LogP contribution in [0.1, 0.15) is 40.5 Å². The molecule has 2 unspecified atom stereocenters. The lowest BCUT2D eigenvalue weighted by Gasteiger charge is -2.30. The van der Waals surface area contributed by atoms with Crippen LogP contribution in [-0.4, -0.2) is 25.0 Å². The maximum atomic E-state index is 11.9. The van der Waals surface area contributed by atoms with Crippen LogP contribution in [0.2, 0.25) is 0 Å². The number of carbonyl (C=O) groups excluding carboxylic acids is 1. The Morgan fingerprint density at radius 3 is 2.60 bits per heavy atom. The van der Waals surface area contributed by atoms with Crippen molar-refractivity contribution in [3.63, 3.8) is 0 Å². The van der Waals surface area contributed by atoms with Crippen LogP contribution in [0, 0.1) is 11.3 Å². The van der Waals surface area contributed by atoms with Crippen molar-refractivity contribution in [2.45, 2.75) is 46.6 Å². The van der Waals surface area contributed by atoms with E-state index in [1.54, 1.807) is 0 Å². The molecule has 88 valence electrons. The summed E-state index contributed by atoms with van der Waals surface area (Å²) in [6, 6.07) is 0.330. The van der Waals surface area contributed by atoms with Gasteiger partial charge < -0.3 is 10.6 Å². The first-order chi connectivity index (χ1) is 6.91. The SMILES string of the molecule is CC(C(=O)NC1CCCNC1)C(C)(C)C. The zero-order valence-corrected chi connectivity index (χ0v) is 10.4. The molecule has 0 aromatic heterocycles. The van der Waals surface area contributed by atoms with Crippen LogP contribution in [0.3, 0.4) is 0 Å². The summed E-state index contributed by atoms with van der Waals surface area (Å²) in [6.45, 7) is 10.3. The van der Waals surface area contributed by atoms with Crippen molar-refractivity contribution in [3.05, 3.63) is 0 Å². The van der Waals surface area contributed by atoms with Crippen LogP contribution in [0.15, 0.2) is 0 Å². The normalized spacial score (nSPS) is 24.7. The average Bonchev–Trinajstić information content (AvgIpc) is 2.16. The number of amides is 1. The van der Waals surface area contributed by atoms with E-state index in [0.717, 1.165) is 25.9 Å². The molecule has 0 aromatic rings. The lowest BCUT2D eigenvalue weighted by molar-refractivity contribution is -0.128. The molecule has 1 aliphatic rings. The maximum absolute atomic E-state index is 11.9. The van der Waals surface area contributed by atoms with Crippen LogP contribution in [0.4, 0.5) is 0 Å². The van der Waals surface area contributed by atoms with Gasteiger partial charge >= 0.3 is 0 Å². The van der Waals surface area contributed by atoms with Gasteiger partial charge in [0.05, 0.1) is 0 Å². The summed E-state index contributed by atoms with van der Waals surface area (Å²) < 4.78 is 0. The summed E-state index contributed by atoms with van der Waals surface area (Å²) in [7, 11) is 0. The molecular formula is C12H24N2O. The maximum Gasteiger partial charge on any atom is 0.223 e. The molecule has 0 saturated carbocycles. The van der Waals surface area contributed by atoms with E-state index >= 15 is 0 Å². The minimum Gasteiger partial charge on any atom is -0.352 e. The van der Waals surface area contributed by atoms with E-state index < -0.39 is 0 Å². The molecule has 1 amide bonds. The van der Waals surface area contributed by atoms with Gasteiger partial charge in [0, 0.05) is 18.5 Å². The molecule has 0 spiro atoms. The van der Waals surface area contributed by atoms with Gasteiger partial charge in [-0.1, -0.05) is 27.7 Å². The minimum atomic E-state index is 0.0478. The van der Waals surface area contributed by atoms with Gasteiger partial charge in [-0.15, -0.1) is 0 Å². The summed E-state index contributed by atoms with van der Waals surface area (Å²) >= 11 is 0. The highest BCUT2D eigenvalue weighted by atomic mass is 16.2. The molecule has 2 atom stereocenters. The Morgan fingerprint density at radius 2 is 2.13 bits per heavy atom. The van der Waals surface area contributed by atoms with E-state index in [1.165, 1.54) is 0 Å². The smallest absolute Gasteiger partial charge is 0.223 e. The fourth-order valence-electron chi connectivity index (χ4n) is 1.69. The number of carbonyl (C=O) groups is 1. The largest absolute Gasteiger partial charge is 0.352 e. The van der Waals surface area contributed by atoms with Gasteiger partial charge in [-0.2, -0.15) is 0 Å². The molecule has 2 N–H and O–H groups in total. The van der Waals surface area contributed by atoms with E-state index in [-0.39, 0.29) is 17.2 Å². The fourth-order valence-corrected chi connectivity index (χ4v) is 1.69. The predicted octanol–water partition coefficient (Wildman–Crippen LogP) is 1.54. The van der Waals surface area contributed by atoms with Crippen molar-refractivity contribution in [1.82, 2.24) is 10.6 Å². The van der Waals surface area contributed by atoms with Crippen LogP contribution < -0.4 is 10.6 Å². The van der Waals surface area contributed by atoms with Crippen LogP contribution in [0.25, 0.3) is 0 Å². The molecule has 0 aromatic carbocycles. The Labute approximate surface area is 93.0 Å².